The van der Waals surface area contributed by atoms with E-state index in [1.807, 2.05) is 93.3 Å². The van der Waals surface area contributed by atoms with E-state index in [1.165, 1.54) is 0 Å². The fourth-order valence-electron chi connectivity index (χ4n) is 5.09. The van der Waals surface area contributed by atoms with Gasteiger partial charge in [0.25, 0.3) is 5.91 Å². The van der Waals surface area contributed by atoms with E-state index in [4.69, 9.17) is 20.6 Å². The minimum Gasteiger partial charge on any atom is -0.331 e. The van der Waals surface area contributed by atoms with Gasteiger partial charge in [-0.05, 0) is 75.4 Å². The molecule has 0 saturated carbocycles. The highest BCUT2D eigenvalue weighted by molar-refractivity contribution is 7.53. The molecule has 0 aromatic heterocycles. The van der Waals surface area contributed by atoms with E-state index in [9.17, 15) is 14.2 Å². The van der Waals surface area contributed by atoms with Crippen molar-refractivity contribution in [1.82, 2.24) is 9.80 Å². The first kappa shape index (κ1) is 36.5. The molecule has 45 heavy (non-hydrogen) atoms. The lowest BCUT2D eigenvalue weighted by Crippen LogP contribution is -2.37. The van der Waals surface area contributed by atoms with Crippen molar-refractivity contribution in [3.63, 3.8) is 0 Å². The second kappa shape index (κ2) is 18.2. The van der Waals surface area contributed by atoms with Crippen LogP contribution in [-0.4, -0.2) is 67.2 Å². The molecule has 0 radical (unpaired) electrons. The molecule has 2 aromatic carbocycles. The molecule has 2 aliphatic heterocycles. The summed E-state index contributed by atoms with van der Waals surface area (Å²) >= 11 is 5.32. The number of aryl methyl sites for hydroxylation is 1. The van der Waals surface area contributed by atoms with Gasteiger partial charge in [-0.1, -0.05) is 60.2 Å². The average molecular weight is 656 g/mol. The zero-order chi connectivity index (χ0) is 32.8. The van der Waals surface area contributed by atoms with Crippen molar-refractivity contribution < 1.29 is 23.2 Å². The van der Waals surface area contributed by atoms with Gasteiger partial charge in [-0.3, -0.25) is 19.1 Å². The van der Waals surface area contributed by atoms with Crippen LogP contribution in [0.15, 0.2) is 78.4 Å². The van der Waals surface area contributed by atoms with Crippen LogP contribution >= 0.6 is 19.2 Å². The number of carbonyl (C=O) groups excluding carboxylic acids is 2. The van der Waals surface area contributed by atoms with Gasteiger partial charge < -0.3 is 18.8 Å². The van der Waals surface area contributed by atoms with Crippen molar-refractivity contribution in [3.8, 4) is 0 Å². The van der Waals surface area contributed by atoms with Crippen LogP contribution in [0.5, 0.6) is 0 Å². The Bertz CT molecular complexity index is 1390. The summed E-state index contributed by atoms with van der Waals surface area (Å²) in [4.78, 5) is 32.0. The zero-order valence-corrected chi connectivity index (χ0v) is 28.7. The molecule has 0 atom stereocenters. The standard InChI is InChI=1S/C31H40N3O5P.C4H7Cl/c1-4-7-17-32-23-28-21-25(16-20-40(37,38-5-2)39-6-3)12-15-29(28)34(30(35)24-32)22-26-10-13-27(14-11-26)31(36)33-18-8-9-19-33;1-3-4(2)5/h4,8-15,21H,1,5-7,16-20,22-24H2,2-3H3;3H,1-2H3/b;4-3+. The number of hydrogen-bond donors (Lipinski definition) is 0. The van der Waals surface area contributed by atoms with E-state index in [2.05, 4.69) is 17.5 Å². The zero-order valence-electron chi connectivity index (χ0n) is 27.0. The van der Waals surface area contributed by atoms with E-state index in [1.54, 1.807) is 4.90 Å². The van der Waals surface area contributed by atoms with E-state index in [0.717, 1.165) is 40.4 Å². The first-order chi connectivity index (χ1) is 21.6. The molecule has 0 N–H and O–H groups in total. The molecule has 0 saturated heterocycles. The van der Waals surface area contributed by atoms with Crippen LogP contribution in [0.1, 0.15) is 61.2 Å². The molecule has 0 fully saturated rings. The Hall–Kier alpha value is -3.00. The Kier molecular flexibility index (Phi) is 14.8. The van der Waals surface area contributed by atoms with Gasteiger partial charge in [0.1, 0.15) is 0 Å². The molecule has 0 bridgehead atoms. The Morgan fingerprint density at radius 1 is 1.02 bits per heavy atom. The van der Waals surface area contributed by atoms with Crippen molar-refractivity contribution in [3.05, 3.63) is 101 Å². The number of allylic oxidation sites excluding steroid dienone is 2. The van der Waals surface area contributed by atoms with E-state index < -0.39 is 7.60 Å². The third kappa shape index (κ3) is 11.1. The van der Waals surface area contributed by atoms with Gasteiger partial charge in [-0.15, -0.1) is 6.58 Å². The quantitative estimate of drug-likeness (QED) is 0.164. The van der Waals surface area contributed by atoms with Crippen molar-refractivity contribution >= 4 is 36.7 Å². The predicted molar refractivity (Wildman–Crippen MR) is 184 cm³/mol. The second-order valence-corrected chi connectivity index (χ2v) is 13.7. The van der Waals surface area contributed by atoms with Gasteiger partial charge >= 0.3 is 7.60 Å². The number of hydrogen-bond acceptors (Lipinski definition) is 6. The van der Waals surface area contributed by atoms with Crippen LogP contribution in [0, 0.1) is 0 Å². The Morgan fingerprint density at radius 2 is 1.64 bits per heavy atom. The van der Waals surface area contributed by atoms with E-state index in [-0.39, 0.29) is 11.8 Å². The van der Waals surface area contributed by atoms with Crippen molar-refractivity contribution in [2.24, 2.45) is 0 Å². The third-order valence-corrected chi connectivity index (χ3v) is 9.80. The Balaban J connectivity index is 0.00000102. The highest BCUT2D eigenvalue weighted by Gasteiger charge is 2.28. The van der Waals surface area contributed by atoms with Gasteiger partial charge in [-0.2, -0.15) is 0 Å². The summed E-state index contributed by atoms with van der Waals surface area (Å²) in [5.41, 5.74) is 4.54. The molecule has 2 heterocycles. The van der Waals surface area contributed by atoms with Crippen LogP contribution in [0.25, 0.3) is 0 Å². The number of fused-ring (bicyclic) bond motifs is 1. The highest BCUT2D eigenvalue weighted by atomic mass is 35.5. The summed E-state index contributed by atoms with van der Waals surface area (Å²) < 4.78 is 23.9. The smallest absolute Gasteiger partial charge is 0.330 e. The molecule has 8 nitrogen and oxygen atoms in total. The molecule has 2 amide bonds. The van der Waals surface area contributed by atoms with Gasteiger partial charge in [0, 0.05) is 42.5 Å². The maximum absolute atomic E-state index is 13.5. The van der Waals surface area contributed by atoms with Gasteiger partial charge in [0.05, 0.1) is 32.5 Å². The first-order valence-electron chi connectivity index (χ1n) is 15.6. The van der Waals surface area contributed by atoms with E-state index >= 15 is 0 Å². The fraction of sp³-hybridized carbons (Fsp3) is 0.429. The molecule has 244 valence electrons. The number of amides is 2. The molecule has 10 heteroatoms. The molecule has 0 spiro atoms. The van der Waals surface area contributed by atoms with Crippen LogP contribution in [0.3, 0.4) is 0 Å². The van der Waals surface area contributed by atoms with Crippen molar-refractivity contribution in [1.29, 1.82) is 0 Å². The normalized spacial score (nSPS) is 15.4. The molecule has 4 rings (SSSR count). The lowest BCUT2D eigenvalue weighted by molar-refractivity contribution is -0.119. The van der Waals surface area contributed by atoms with Crippen LogP contribution in [0.4, 0.5) is 5.69 Å². The van der Waals surface area contributed by atoms with Crippen LogP contribution < -0.4 is 4.90 Å². The van der Waals surface area contributed by atoms with Crippen molar-refractivity contribution in [2.75, 3.05) is 50.5 Å². The van der Waals surface area contributed by atoms with Crippen molar-refractivity contribution in [2.45, 2.75) is 53.6 Å². The van der Waals surface area contributed by atoms with Gasteiger partial charge in [0.15, 0.2) is 0 Å². The lowest BCUT2D eigenvalue weighted by atomic mass is 10.0. The number of rotatable bonds is 13. The van der Waals surface area contributed by atoms with Crippen LogP contribution in [-0.2, 0) is 37.9 Å². The number of benzene rings is 2. The summed E-state index contributed by atoms with van der Waals surface area (Å²) in [6, 6.07) is 13.6. The minimum absolute atomic E-state index is 0.0105. The highest BCUT2D eigenvalue weighted by Crippen LogP contribution is 2.48. The Labute approximate surface area is 273 Å². The maximum Gasteiger partial charge on any atom is 0.330 e. The molecule has 2 aromatic rings. The van der Waals surface area contributed by atoms with E-state index in [0.29, 0.717) is 64.1 Å². The molecular formula is C35H47ClN3O5P. The summed E-state index contributed by atoms with van der Waals surface area (Å²) in [6.07, 6.45) is 9.34. The van der Waals surface area contributed by atoms with Crippen LogP contribution in [0.2, 0.25) is 0 Å². The monoisotopic (exact) mass is 655 g/mol. The predicted octanol–water partition coefficient (Wildman–Crippen LogP) is 7.58. The largest absolute Gasteiger partial charge is 0.331 e. The average Bonchev–Trinajstić information content (AvgIpc) is 3.53. The molecule has 2 aliphatic rings. The molecule has 0 unspecified atom stereocenters. The lowest BCUT2D eigenvalue weighted by Gasteiger charge is -2.24. The SMILES string of the molecule is C/C=C(\C)Cl.C=CCCN1CC(=O)N(Cc2ccc(C(=O)N3CC=CC3)cc2)c2ccc(CCP(=O)(OCC)OCC)cc2C1. The number of carbonyl (C=O) groups is 2. The number of anilines is 1. The summed E-state index contributed by atoms with van der Waals surface area (Å²) in [5.74, 6) is 0.0346. The topological polar surface area (TPSA) is 79.4 Å². The van der Waals surface area contributed by atoms with Gasteiger partial charge in [-0.25, -0.2) is 0 Å². The maximum atomic E-state index is 13.5. The molecule has 0 aliphatic carbocycles. The summed E-state index contributed by atoms with van der Waals surface area (Å²) in [5, 5.41) is 0.852. The summed E-state index contributed by atoms with van der Waals surface area (Å²) in [7, 11) is -3.15. The number of halogens is 1. The Morgan fingerprint density at radius 3 is 2.22 bits per heavy atom. The summed E-state index contributed by atoms with van der Waals surface area (Å²) in [6.45, 7) is 15.2. The number of nitrogens with zero attached hydrogens (tertiary/aromatic N) is 3. The third-order valence-electron chi connectivity index (χ3n) is 7.51. The minimum atomic E-state index is -3.15. The fourth-order valence-corrected chi connectivity index (χ4v) is 6.74. The second-order valence-electron chi connectivity index (χ2n) is 10.9. The molecular weight excluding hydrogens is 609 g/mol. The van der Waals surface area contributed by atoms with Gasteiger partial charge in [0.2, 0.25) is 5.91 Å². The first-order valence-corrected chi connectivity index (χ1v) is 17.7.